The molecule has 1 atom stereocenters. The third-order valence-electron chi connectivity index (χ3n) is 2.44. The summed E-state index contributed by atoms with van der Waals surface area (Å²) in [4.78, 5) is 1.55. The van der Waals surface area contributed by atoms with Crippen LogP contribution in [0.15, 0.2) is 5.16 Å². The molecule has 1 fully saturated rings. The number of nitrogens with two attached hydrogens (primary N) is 1. The van der Waals surface area contributed by atoms with Crippen LogP contribution in [-0.2, 0) is 10.9 Å². The summed E-state index contributed by atoms with van der Waals surface area (Å²) in [5.74, 6) is -0.134. The largest absolute Gasteiger partial charge is 0.445 e. The Labute approximate surface area is 109 Å². The summed E-state index contributed by atoms with van der Waals surface area (Å²) in [6, 6.07) is 0. The average Bonchev–Trinajstić information content (AvgIpc) is 2.87. The number of amidine groups is 1. The van der Waals surface area contributed by atoms with Crippen LogP contribution >= 0.6 is 11.3 Å². The van der Waals surface area contributed by atoms with Gasteiger partial charge >= 0.3 is 6.18 Å². The van der Waals surface area contributed by atoms with Crippen LogP contribution in [0.2, 0.25) is 0 Å². The first-order valence-electron chi connectivity index (χ1n) is 5.16. The third-order valence-corrected chi connectivity index (χ3v) is 3.47. The molecule has 11 heteroatoms. The summed E-state index contributed by atoms with van der Waals surface area (Å²) in [5, 5.41) is 17.1. The number of nitrogens with zero attached hydrogens (tertiary/aromatic N) is 4. The summed E-state index contributed by atoms with van der Waals surface area (Å²) < 4.78 is 42.5. The van der Waals surface area contributed by atoms with Crippen molar-refractivity contribution in [3.63, 3.8) is 0 Å². The van der Waals surface area contributed by atoms with Crippen molar-refractivity contribution in [1.29, 1.82) is 0 Å². The van der Waals surface area contributed by atoms with Gasteiger partial charge in [0, 0.05) is 6.54 Å². The standard InChI is InChI=1S/C8H10F3N5O2S/c9-8(10,11)6-13-14-7(19-6)16-1-2-18-4(3-16)5(12)15-17/h4,17H,1-3H2,(H2,12,15). The zero-order valence-corrected chi connectivity index (χ0v) is 10.3. The summed E-state index contributed by atoms with van der Waals surface area (Å²) in [5.41, 5.74) is 5.40. The van der Waals surface area contributed by atoms with Gasteiger partial charge in [-0.25, -0.2) is 0 Å². The number of rotatable bonds is 2. The van der Waals surface area contributed by atoms with Crippen molar-refractivity contribution in [1.82, 2.24) is 10.2 Å². The van der Waals surface area contributed by atoms with E-state index in [9.17, 15) is 13.2 Å². The Morgan fingerprint density at radius 1 is 1.53 bits per heavy atom. The highest BCUT2D eigenvalue weighted by Crippen LogP contribution is 2.34. The molecule has 7 nitrogen and oxygen atoms in total. The highest BCUT2D eigenvalue weighted by atomic mass is 32.1. The van der Waals surface area contributed by atoms with Gasteiger partial charge in [0.25, 0.3) is 0 Å². The van der Waals surface area contributed by atoms with Crippen LogP contribution in [0.4, 0.5) is 18.3 Å². The molecule has 0 radical (unpaired) electrons. The number of hydrogen-bond acceptors (Lipinski definition) is 7. The van der Waals surface area contributed by atoms with E-state index in [1.54, 1.807) is 4.90 Å². The Balaban J connectivity index is 2.11. The zero-order chi connectivity index (χ0) is 14.0. The third kappa shape index (κ3) is 3.04. The predicted molar refractivity (Wildman–Crippen MR) is 60.3 cm³/mol. The topological polar surface area (TPSA) is 96.9 Å². The maximum Gasteiger partial charge on any atom is 0.445 e. The van der Waals surface area contributed by atoms with E-state index in [0.29, 0.717) is 17.9 Å². The number of alkyl halides is 3. The lowest BCUT2D eigenvalue weighted by molar-refractivity contribution is -0.138. The maximum atomic E-state index is 12.4. The second-order valence-electron chi connectivity index (χ2n) is 3.72. The molecule has 1 aliphatic rings. The minimum absolute atomic E-state index is 0.131. The Morgan fingerprint density at radius 3 is 2.84 bits per heavy atom. The van der Waals surface area contributed by atoms with Crippen LogP contribution in [0.5, 0.6) is 0 Å². The Bertz CT molecular complexity index is 477. The van der Waals surface area contributed by atoms with E-state index >= 15 is 0 Å². The molecule has 0 saturated carbocycles. The average molecular weight is 297 g/mol. The molecule has 0 spiro atoms. The van der Waals surface area contributed by atoms with Crippen LogP contribution in [0, 0.1) is 0 Å². The van der Waals surface area contributed by atoms with Gasteiger partial charge in [-0.15, -0.1) is 10.2 Å². The second kappa shape index (κ2) is 5.17. The van der Waals surface area contributed by atoms with Gasteiger partial charge in [0.2, 0.25) is 10.1 Å². The van der Waals surface area contributed by atoms with Crippen molar-refractivity contribution in [3.8, 4) is 0 Å². The number of oxime groups is 1. The molecule has 19 heavy (non-hydrogen) atoms. The van der Waals surface area contributed by atoms with Gasteiger partial charge in [-0.05, 0) is 0 Å². The van der Waals surface area contributed by atoms with E-state index in [0.717, 1.165) is 0 Å². The van der Waals surface area contributed by atoms with Gasteiger partial charge in [-0.1, -0.05) is 16.5 Å². The highest BCUT2D eigenvalue weighted by Gasteiger charge is 2.37. The lowest BCUT2D eigenvalue weighted by atomic mass is 10.2. The highest BCUT2D eigenvalue weighted by molar-refractivity contribution is 7.15. The molecule has 2 rings (SSSR count). The summed E-state index contributed by atoms with van der Waals surface area (Å²) >= 11 is 0.448. The number of anilines is 1. The van der Waals surface area contributed by atoms with Crippen LogP contribution in [0.25, 0.3) is 0 Å². The molecule has 1 aromatic rings. The van der Waals surface area contributed by atoms with E-state index in [1.807, 2.05) is 0 Å². The van der Waals surface area contributed by atoms with Crippen molar-refractivity contribution in [3.05, 3.63) is 5.01 Å². The first-order valence-corrected chi connectivity index (χ1v) is 5.98. The fourth-order valence-electron chi connectivity index (χ4n) is 1.52. The van der Waals surface area contributed by atoms with Crippen LogP contribution < -0.4 is 10.6 Å². The van der Waals surface area contributed by atoms with Crippen LogP contribution in [-0.4, -0.2) is 47.0 Å². The van der Waals surface area contributed by atoms with E-state index in [2.05, 4.69) is 15.4 Å². The molecular weight excluding hydrogens is 287 g/mol. The summed E-state index contributed by atoms with van der Waals surface area (Å²) in [7, 11) is 0. The zero-order valence-electron chi connectivity index (χ0n) is 9.46. The van der Waals surface area contributed by atoms with Crippen molar-refractivity contribution >= 4 is 22.3 Å². The van der Waals surface area contributed by atoms with Gasteiger partial charge in [0.05, 0.1) is 13.2 Å². The number of aromatic nitrogens is 2. The number of ether oxygens (including phenoxy) is 1. The molecule has 3 N–H and O–H groups in total. The van der Waals surface area contributed by atoms with E-state index < -0.39 is 17.3 Å². The molecule has 1 saturated heterocycles. The molecule has 0 aliphatic carbocycles. The van der Waals surface area contributed by atoms with Gasteiger partial charge in [-0.2, -0.15) is 13.2 Å². The molecular formula is C8H10F3N5O2S. The van der Waals surface area contributed by atoms with Gasteiger partial charge in [0.1, 0.15) is 6.10 Å². The van der Waals surface area contributed by atoms with E-state index in [4.69, 9.17) is 15.7 Å². The molecule has 1 aliphatic heterocycles. The Morgan fingerprint density at radius 2 is 2.26 bits per heavy atom. The fraction of sp³-hybridized carbons (Fsp3) is 0.625. The quantitative estimate of drug-likeness (QED) is 0.357. The van der Waals surface area contributed by atoms with Crippen LogP contribution in [0.1, 0.15) is 5.01 Å². The maximum absolute atomic E-state index is 12.4. The first-order chi connectivity index (χ1) is 8.91. The lowest BCUT2D eigenvalue weighted by Gasteiger charge is -2.31. The molecule has 106 valence electrons. The Hall–Kier alpha value is -1.62. The molecule has 2 heterocycles. The summed E-state index contributed by atoms with van der Waals surface area (Å²) in [6.45, 7) is 0.756. The monoisotopic (exact) mass is 297 g/mol. The molecule has 0 bridgehead atoms. The van der Waals surface area contributed by atoms with Crippen molar-refractivity contribution in [2.45, 2.75) is 12.3 Å². The van der Waals surface area contributed by atoms with Crippen molar-refractivity contribution < 1.29 is 23.1 Å². The molecule has 0 amide bonds. The minimum atomic E-state index is -4.51. The first kappa shape index (κ1) is 13.8. The molecule has 1 unspecified atom stereocenters. The number of hydrogen-bond donors (Lipinski definition) is 2. The van der Waals surface area contributed by atoms with Gasteiger partial charge < -0.3 is 20.6 Å². The van der Waals surface area contributed by atoms with Crippen molar-refractivity contribution in [2.24, 2.45) is 10.9 Å². The summed E-state index contributed by atoms with van der Waals surface area (Å²) in [6.07, 6.45) is -5.19. The fourth-order valence-corrected chi connectivity index (χ4v) is 2.27. The predicted octanol–water partition coefficient (Wildman–Crippen LogP) is 0.508. The second-order valence-corrected chi connectivity index (χ2v) is 4.67. The van der Waals surface area contributed by atoms with E-state index in [-0.39, 0.29) is 24.1 Å². The SMILES string of the molecule is NC(=NO)C1CN(c2nnc(C(F)(F)F)s2)CCO1. The van der Waals surface area contributed by atoms with Gasteiger partial charge in [-0.3, -0.25) is 0 Å². The number of halogens is 3. The molecule has 1 aromatic heterocycles. The molecule has 0 aromatic carbocycles. The lowest BCUT2D eigenvalue weighted by Crippen LogP contribution is -2.48. The minimum Gasteiger partial charge on any atom is -0.409 e. The van der Waals surface area contributed by atoms with Gasteiger partial charge in [0.15, 0.2) is 5.84 Å². The Kier molecular flexibility index (Phi) is 3.75. The number of morpholine rings is 1. The smallest absolute Gasteiger partial charge is 0.409 e. The van der Waals surface area contributed by atoms with Crippen molar-refractivity contribution in [2.75, 3.05) is 24.6 Å². The normalized spacial score (nSPS) is 21.7. The van der Waals surface area contributed by atoms with Crippen LogP contribution in [0.3, 0.4) is 0 Å². The van der Waals surface area contributed by atoms with E-state index in [1.165, 1.54) is 0 Å².